The standard InChI is InChI=1S/C27H23NO4/c1-19(29)32-26-17-20(12-16-24(26)30-2)11-14-23-15-13-22-9-6-10-25(27(22)28-23)31-18-21-7-4-3-5-8-21/h3-17H,18H2,1-2H3. The summed E-state index contributed by atoms with van der Waals surface area (Å²) in [5, 5.41) is 1.01. The Morgan fingerprint density at radius 2 is 1.72 bits per heavy atom. The van der Waals surface area contributed by atoms with Crippen LogP contribution in [0.2, 0.25) is 0 Å². The molecule has 160 valence electrons. The summed E-state index contributed by atoms with van der Waals surface area (Å²) in [5.74, 6) is 1.22. The molecule has 0 saturated heterocycles. The Labute approximate surface area is 186 Å². The fourth-order valence-electron chi connectivity index (χ4n) is 3.29. The van der Waals surface area contributed by atoms with Gasteiger partial charge in [-0.3, -0.25) is 4.79 Å². The van der Waals surface area contributed by atoms with E-state index < -0.39 is 5.97 Å². The molecule has 0 spiro atoms. The second-order valence-electron chi connectivity index (χ2n) is 7.18. The van der Waals surface area contributed by atoms with E-state index in [9.17, 15) is 4.79 Å². The highest BCUT2D eigenvalue weighted by Crippen LogP contribution is 2.29. The summed E-state index contributed by atoms with van der Waals surface area (Å²) in [6, 6.07) is 25.3. The Morgan fingerprint density at radius 3 is 2.50 bits per heavy atom. The van der Waals surface area contributed by atoms with E-state index in [1.807, 2.05) is 78.9 Å². The minimum absolute atomic E-state index is 0.380. The van der Waals surface area contributed by atoms with Gasteiger partial charge in [0.2, 0.25) is 0 Å². The molecule has 0 unspecified atom stereocenters. The molecule has 0 aliphatic rings. The normalized spacial score (nSPS) is 10.9. The number of fused-ring (bicyclic) bond motifs is 1. The number of carbonyl (C=O) groups is 1. The van der Waals surface area contributed by atoms with Gasteiger partial charge in [0.05, 0.1) is 12.8 Å². The van der Waals surface area contributed by atoms with E-state index in [1.165, 1.54) is 14.0 Å². The van der Waals surface area contributed by atoms with Gasteiger partial charge in [-0.15, -0.1) is 0 Å². The van der Waals surface area contributed by atoms with Crippen LogP contribution in [-0.4, -0.2) is 18.1 Å². The molecule has 32 heavy (non-hydrogen) atoms. The highest BCUT2D eigenvalue weighted by molar-refractivity contribution is 5.86. The first kappa shape index (κ1) is 21.1. The summed E-state index contributed by atoms with van der Waals surface area (Å²) in [4.78, 5) is 16.1. The Balaban J connectivity index is 1.58. The molecule has 0 bridgehead atoms. The van der Waals surface area contributed by atoms with Gasteiger partial charge in [-0.1, -0.05) is 60.7 Å². The third-order valence-electron chi connectivity index (χ3n) is 4.83. The lowest BCUT2D eigenvalue weighted by Gasteiger charge is -2.10. The number of esters is 1. The molecule has 3 aromatic carbocycles. The highest BCUT2D eigenvalue weighted by atomic mass is 16.6. The topological polar surface area (TPSA) is 57.6 Å². The Kier molecular flexibility index (Phi) is 6.46. The molecular weight excluding hydrogens is 402 g/mol. The Hall–Kier alpha value is -4.12. The minimum atomic E-state index is -0.399. The predicted octanol–water partition coefficient (Wildman–Crippen LogP) is 5.92. The lowest BCUT2D eigenvalue weighted by molar-refractivity contribution is -0.132. The molecule has 0 aliphatic carbocycles. The summed E-state index contributed by atoms with van der Waals surface area (Å²) in [7, 11) is 1.54. The molecule has 5 nitrogen and oxygen atoms in total. The van der Waals surface area contributed by atoms with Crippen LogP contribution in [0.3, 0.4) is 0 Å². The largest absolute Gasteiger partial charge is 0.493 e. The molecule has 1 aromatic heterocycles. The Morgan fingerprint density at radius 1 is 0.875 bits per heavy atom. The number of carbonyl (C=O) groups excluding carboxylic acids is 1. The van der Waals surface area contributed by atoms with E-state index in [0.29, 0.717) is 18.1 Å². The van der Waals surface area contributed by atoms with Crippen molar-refractivity contribution >= 4 is 29.0 Å². The number of rotatable bonds is 7. The van der Waals surface area contributed by atoms with Crippen molar-refractivity contribution in [2.75, 3.05) is 7.11 Å². The van der Waals surface area contributed by atoms with E-state index in [0.717, 1.165) is 33.5 Å². The zero-order valence-corrected chi connectivity index (χ0v) is 17.9. The van der Waals surface area contributed by atoms with E-state index in [-0.39, 0.29) is 0 Å². The maximum Gasteiger partial charge on any atom is 0.308 e. The third kappa shape index (κ3) is 5.13. The lowest BCUT2D eigenvalue weighted by atomic mass is 10.1. The van der Waals surface area contributed by atoms with Crippen molar-refractivity contribution in [2.45, 2.75) is 13.5 Å². The van der Waals surface area contributed by atoms with Crippen LogP contribution in [-0.2, 0) is 11.4 Å². The van der Waals surface area contributed by atoms with Gasteiger partial charge in [0.15, 0.2) is 11.5 Å². The van der Waals surface area contributed by atoms with Crippen LogP contribution in [0.4, 0.5) is 0 Å². The molecule has 4 aromatic rings. The van der Waals surface area contributed by atoms with Crippen molar-refractivity contribution in [2.24, 2.45) is 0 Å². The molecule has 0 atom stereocenters. The van der Waals surface area contributed by atoms with E-state index >= 15 is 0 Å². The number of hydrogen-bond acceptors (Lipinski definition) is 5. The number of para-hydroxylation sites is 1. The number of pyridine rings is 1. The number of nitrogens with zero attached hydrogens (tertiary/aromatic N) is 1. The van der Waals surface area contributed by atoms with Gasteiger partial charge >= 0.3 is 5.97 Å². The lowest BCUT2D eigenvalue weighted by Crippen LogP contribution is -2.03. The summed E-state index contributed by atoms with van der Waals surface area (Å²) < 4.78 is 16.5. The smallest absolute Gasteiger partial charge is 0.308 e. The molecule has 0 N–H and O–H groups in total. The number of aromatic nitrogens is 1. The molecule has 0 amide bonds. The van der Waals surface area contributed by atoms with Crippen molar-refractivity contribution in [1.82, 2.24) is 4.98 Å². The highest BCUT2D eigenvalue weighted by Gasteiger charge is 2.08. The SMILES string of the molecule is COc1ccc(C=Cc2ccc3cccc(OCc4ccccc4)c3n2)cc1OC(C)=O. The average Bonchev–Trinajstić information content (AvgIpc) is 2.81. The van der Waals surface area contributed by atoms with Gasteiger partial charge < -0.3 is 14.2 Å². The summed E-state index contributed by atoms with van der Waals surface area (Å²) in [6.45, 7) is 1.84. The summed E-state index contributed by atoms with van der Waals surface area (Å²) >= 11 is 0. The van der Waals surface area contributed by atoms with Gasteiger partial charge in [-0.05, 0) is 41.5 Å². The fourth-order valence-corrected chi connectivity index (χ4v) is 3.29. The van der Waals surface area contributed by atoms with Crippen molar-refractivity contribution in [3.05, 3.63) is 95.7 Å². The number of ether oxygens (including phenoxy) is 3. The van der Waals surface area contributed by atoms with E-state index in [1.54, 1.807) is 12.1 Å². The Bertz CT molecular complexity index is 1270. The van der Waals surface area contributed by atoms with Crippen LogP contribution < -0.4 is 14.2 Å². The molecular formula is C27H23NO4. The second kappa shape index (κ2) is 9.79. The monoisotopic (exact) mass is 425 g/mol. The van der Waals surface area contributed by atoms with Crippen LogP contribution >= 0.6 is 0 Å². The molecule has 0 aliphatic heterocycles. The van der Waals surface area contributed by atoms with E-state index in [2.05, 4.69) is 0 Å². The third-order valence-corrected chi connectivity index (χ3v) is 4.83. The van der Waals surface area contributed by atoms with Gasteiger partial charge in [0.1, 0.15) is 17.9 Å². The van der Waals surface area contributed by atoms with Gasteiger partial charge in [0.25, 0.3) is 0 Å². The quantitative estimate of drug-likeness (QED) is 0.272. The van der Waals surface area contributed by atoms with Gasteiger partial charge in [-0.25, -0.2) is 4.98 Å². The minimum Gasteiger partial charge on any atom is -0.493 e. The fraction of sp³-hybridized carbons (Fsp3) is 0.111. The van der Waals surface area contributed by atoms with Gasteiger partial charge in [-0.2, -0.15) is 0 Å². The first-order chi connectivity index (χ1) is 15.6. The maximum atomic E-state index is 11.4. The molecule has 0 fully saturated rings. The van der Waals surface area contributed by atoms with Crippen LogP contribution in [0.1, 0.15) is 23.7 Å². The zero-order chi connectivity index (χ0) is 22.3. The first-order valence-electron chi connectivity index (χ1n) is 10.2. The zero-order valence-electron chi connectivity index (χ0n) is 17.9. The molecule has 1 heterocycles. The predicted molar refractivity (Wildman–Crippen MR) is 126 cm³/mol. The van der Waals surface area contributed by atoms with Crippen molar-refractivity contribution in [1.29, 1.82) is 0 Å². The maximum absolute atomic E-state index is 11.4. The van der Waals surface area contributed by atoms with Crippen molar-refractivity contribution in [3.63, 3.8) is 0 Å². The summed E-state index contributed by atoms with van der Waals surface area (Å²) in [6.07, 6.45) is 3.82. The molecule has 4 rings (SSSR count). The van der Waals surface area contributed by atoms with Crippen LogP contribution in [0, 0.1) is 0 Å². The van der Waals surface area contributed by atoms with Crippen molar-refractivity contribution < 1.29 is 19.0 Å². The van der Waals surface area contributed by atoms with Crippen LogP contribution in [0.25, 0.3) is 23.1 Å². The number of methoxy groups -OCH3 is 1. The molecule has 5 heteroatoms. The van der Waals surface area contributed by atoms with Gasteiger partial charge in [0, 0.05) is 12.3 Å². The molecule has 0 radical (unpaired) electrons. The first-order valence-corrected chi connectivity index (χ1v) is 10.2. The average molecular weight is 425 g/mol. The number of benzene rings is 3. The molecule has 0 saturated carbocycles. The van der Waals surface area contributed by atoms with Crippen LogP contribution in [0.5, 0.6) is 17.2 Å². The van der Waals surface area contributed by atoms with Crippen molar-refractivity contribution in [3.8, 4) is 17.2 Å². The second-order valence-corrected chi connectivity index (χ2v) is 7.18. The van der Waals surface area contributed by atoms with E-state index in [4.69, 9.17) is 19.2 Å². The summed E-state index contributed by atoms with van der Waals surface area (Å²) in [5.41, 5.74) is 3.56. The number of hydrogen-bond donors (Lipinski definition) is 0. The van der Waals surface area contributed by atoms with Crippen LogP contribution in [0.15, 0.2) is 78.9 Å².